The van der Waals surface area contributed by atoms with Crippen LogP contribution in [0.5, 0.6) is 0 Å². The van der Waals surface area contributed by atoms with Crippen LogP contribution in [0.1, 0.15) is 25.2 Å². The quantitative estimate of drug-likeness (QED) is 0.466. The molecule has 28 heavy (non-hydrogen) atoms. The molecule has 0 saturated carbocycles. The molecular formula is C19H20ClFN4O2S. The second-order valence-electron chi connectivity index (χ2n) is 6.94. The predicted octanol–water partition coefficient (Wildman–Crippen LogP) is 3.31. The summed E-state index contributed by atoms with van der Waals surface area (Å²) in [4.78, 5) is 34.1. The topological polar surface area (TPSA) is 69.8 Å². The Balaban J connectivity index is 2.19. The Labute approximate surface area is 170 Å². The zero-order chi connectivity index (χ0) is 20.6. The van der Waals surface area contributed by atoms with Gasteiger partial charge in [0.05, 0.1) is 0 Å². The highest BCUT2D eigenvalue weighted by Crippen LogP contribution is 2.30. The lowest BCUT2D eigenvalue weighted by atomic mass is 10.1. The highest BCUT2D eigenvalue weighted by Gasteiger charge is 2.19. The zero-order valence-electron chi connectivity index (χ0n) is 16.0. The van der Waals surface area contributed by atoms with Crippen molar-refractivity contribution in [1.82, 2.24) is 19.1 Å². The molecule has 0 aliphatic heterocycles. The van der Waals surface area contributed by atoms with E-state index in [2.05, 4.69) is 9.97 Å². The number of hydrogen-bond acceptors (Lipinski definition) is 5. The second-order valence-corrected chi connectivity index (χ2v) is 8.31. The van der Waals surface area contributed by atoms with Gasteiger partial charge in [0.25, 0.3) is 5.56 Å². The number of hydrogen-bond donors (Lipinski definition) is 0. The SMILES string of the molecule is CC(C)Cc1nc(SCc2c(F)cccc2Cl)c2c(=O)n(C)c(=O)n(C)c2n1. The third-order valence-electron chi connectivity index (χ3n) is 4.32. The lowest BCUT2D eigenvalue weighted by molar-refractivity contribution is 0.613. The van der Waals surface area contributed by atoms with Crippen molar-refractivity contribution in [2.24, 2.45) is 20.0 Å². The first kappa shape index (κ1) is 20.5. The molecule has 0 spiro atoms. The van der Waals surface area contributed by atoms with E-state index in [-0.39, 0.29) is 16.8 Å². The van der Waals surface area contributed by atoms with Gasteiger partial charge in [0.1, 0.15) is 22.1 Å². The first-order valence-corrected chi connectivity index (χ1v) is 10.1. The van der Waals surface area contributed by atoms with Crippen molar-refractivity contribution in [3.63, 3.8) is 0 Å². The molecule has 0 saturated heterocycles. The average Bonchev–Trinajstić information content (AvgIpc) is 2.63. The molecule has 0 N–H and O–H groups in total. The lowest BCUT2D eigenvalue weighted by Gasteiger charge is -2.13. The molecule has 9 heteroatoms. The predicted molar refractivity (Wildman–Crippen MR) is 110 cm³/mol. The van der Waals surface area contributed by atoms with Crippen LogP contribution in [0.3, 0.4) is 0 Å². The third kappa shape index (κ3) is 3.84. The fraction of sp³-hybridized carbons (Fsp3) is 0.368. The fourth-order valence-electron chi connectivity index (χ4n) is 2.84. The molecule has 1 aromatic carbocycles. The monoisotopic (exact) mass is 422 g/mol. The third-order valence-corrected chi connectivity index (χ3v) is 5.67. The summed E-state index contributed by atoms with van der Waals surface area (Å²) >= 11 is 7.33. The minimum Gasteiger partial charge on any atom is -0.280 e. The van der Waals surface area contributed by atoms with Crippen LogP contribution in [0.4, 0.5) is 4.39 Å². The Morgan fingerprint density at radius 2 is 1.89 bits per heavy atom. The number of halogens is 2. The summed E-state index contributed by atoms with van der Waals surface area (Å²) in [5.74, 6) is 0.610. The Bertz CT molecular complexity index is 1150. The maximum absolute atomic E-state index is 14.1. The number of rotatable bonds is 5. The molecule has 0 atom stereocenters. The Morgan fingerprint density at radius 1 is 1.18 bits per heavy atom. The van der Waals surface area contributed by atoms with Gasteiger partial charge in [-0.15, -0.1) is 11.8 Å². The summed E-state index contributed by atoms with van der Waals surface area (Å²) < 4.78 is 16.5. The van der Waals surface area contributed by atoms with Gasteiger partial charge in [-0.25, -0.2) is 19.2 Å². The second kappa shape index (κ2) is 8.05. The molecule has 0 fully saturated rings. The average molecular weight is 423 g/mol. The first-order chi connectivity index (χ1) is 13.2. The standard InChI is InChI=1S/C19H20ClFN4O2S/c1-10(2)8-14-22-16-15(18(26)25(4)19(27)24(16)3)17(23-14)28-9-11-12(20)6-5-7-13(11)21/h5-7,10H,8-9H2,1-4H3. The molecule has 0 aliphatic rings. The highest BCUT2D eigenvalue weighted by atomic mass is 35.5. The molecule has 3 rings (SSSR count). The van der Waals surface area contributed by atoms with Gasteiger partial charge in [0.2, 0.25) is 0 Å². The number of aromatic nitrogens is 4. The molecule has 0 amide bonds. The van der Waals surface area contributed by atoms with Crippen molar-refractivity contribution in [2.75, 3.05) is 0 Å². The number of thioether (sulfide) groups is 1. The Morgan fingerprint density at radius 3 is 2.54 bits per heavy atom. The van der Waals surface area contributed by atoms with Crippen LogP contribution in [-0.4, -0.2) is 19.1 Å². The smallest absolute Gasteiger partial charge is 0.280 e. The molecule has 0 aliphatic carbocycles. The van der Waals surface area contributed by atoms with Gasteiger partial charge < -0.3 is 0 Å². The summed E-state index contributed by atoms with van der Waals surface area (Å²) in [6.45, 7) is 4.06. The fourth-order valence-corrected chi connectivity index (χ4v) is 4.22. The minimum absolute atomic E-state index is 0.199. The van der Waals surface area contributed by atoms with Gasteiger partial charge in [-0.2, -0.15) is 0 Å². The van der Waals surface area contributed by atoms with Gasteiger partial charge >= 0.3 is 5.69 Å². The van der Waals surface area contributed by atoms with Crippen LogP contribution in [-0.2, 0) is 26.3 Å². The summed E-state index contributed by atoms with van der Waals surface area (Å²) in [6, 6.07) is 4.50. The Kier molecular flexibility index (Phi) is 5.90. The summed E-state index contributed by atoms with van der Waals surface area (Å²) in [5.41, 5.74) is -0.315. The van der Waals surface area contributed by atoms with Gasteiger partial charge in [-0.1, -0.05) is 31.5 Å². The minimum atomic E-state index is -0.476. The van der Waals surface area contributed by atoms with E-state index in [9.17, 15) is 14.0 Å². The molecular weight excluding hydrogens is 403 g/mol. The van der Waals surface area contributed by atoms with Crippen molar-refractivity contribution >= 4 is 34.4 Å². The van der Waals surface area contributed by atoms with Gasteiger partial charge in [-0.3, -0.25) is 13.9 Å². The molecule has 2 aromatic heterocycles. The maximum atomic E-state index is 14.1. The van der Waals surface area contributed by atoms with Crippen molar-refractivity contribution in [3.8, 4) is 0 Å². The van der Waals surface area contributed by atoms with Gasteiger partial charge in [0.15, 0.2) is 5.65 Å². The molecule has 0 bridgehead atoms. The number of benzene rings is 1. The van der Waals surface area contributed by atoms with E-state index in [1.807, 2.05) is 13.8 Å². The lowest BCUT2D eigenvalue weighted by Crippen LogP contribution is -2.38. The van der Waals surface area contributed by atoms with Crippen molar-refractivity contribution in [3.05, 3.63) is 61.3 Å². The number of fused-ring (bicyclic) bond motifs is 1. The molecule has 2 heterocycles. The van der Waals surface area contributed by atoms with Gasteiger partial charge in [-0.05, 0) is 18.1 Å². The van der Waals surface area contributed by atoms with Crippen LogP contribution in [0.2, 0.25) is 5.02 Å². The van der Waals surface area contributed by atoms with Gasteiger partial charge in [0, 0.05) is 36.9 Å². The van der Waals surface area contributed by atoms with Crippen molar-refractivity contribution in [1.29, 1.82) is 0 Å². The molecule has 0 radical (unpaired) electrons. The van der Waals surface area contributed by atoms with Crippen LogP contribution in [0.25, 0.3) is 11.0 Å². The number of aryl methyl sites for hydroxylation is 1. The molecule has 3 aromatic rings. The molecule has 0 unspecified atom stereocenters. The van der Waals surface area contributed by atoms with Crippen molar-refractivity contribution < 1.29 is 4.39 Å². The normalized spacial score (nSPS) is 11.5. The van der Waals surface area contributed by atoms with E-state index in [0.29, 0.717) is 33.8 Å². The van der Waals surface area contributed by atoms with Crippen LogP contribution < -0.4 is 11.2 Å². The number of nitrogens with zero attached hydrogens (tertiary/aromatic N) is 4. The van der Waals surface area contributed by atoms with Crippen LogP contribution in [0, 0.1) is 11.7 Å². The highest BCUT2D eigenvalue weighted by molar-refractivity contribution is 7.98. The largest absolute Gasteiger partial charge is 0.332 e. The van der Waals surface area contributed by atoms with E-state index < -0.39 is 17.1 Å². The summed E-state index contributed by atoms with van der Waals surface area (Å²) in [6.07, 6.45) is 0.591. The van der Waals surface area contributed by atoms with E-state index in [1.165, 1.54) is 35.5 Å². The van der Waals surface area contributed by atoms with E-state index >= 15 is 0 Å². The zero-order valence-corrected chi connectivity index (χ0v) is 17.6. The van der Waals surface area contributed by atoms with E-state index in [0.717, 1.165) is 4.57 Å². The first-order valence-electron chi connectivity index (χ1n) is 8.73. The van der Waals surface area contributed by atoms with Crippen LogP contribution in [0.15, 0.2) is 32.8 Å². The molecule has 148 valence electrons. The van der Waals surface area contributed by atoms with E-state index in [4.69, 9.17) is 11.6 Å². The van der Waals surface area contributed by atoms with Crippen LogP contribution >= 0.6 is 23.4 Å². The molecule has 6 nitrogen and oxygen atoms in total. The summed E-state index contributed by atoms with van der Waals surface area (Å²) in [7, 11) is 2.98. The Hall–Kier alpha value is -2.19. The summed E-state index contributed by atoms with van der Waals surface area (Å²) in [5, 5.41) is 0.972. The van der Waals surface area contributed by atoms with E-state index in [1.54, 1.807) is 13.1 Å². The van der Waals surface area contributed by atoms with Crippen molar-refractivity contribution in [2.45, 2.75) is 31.0 Å². The maximum Gasteiger partial charge on any atom is 0.332 e.